The highest BCUT2D eigenvalue weighted by molar-refractivity contribution is 5.54. The SMILES string of the molecule is O=CC1CCCC(C(C2CCCC(C=O)C2)(C(F)(F)F)C(F)(F)F)C1. The van der Waals surface area contributed by atoms with Crippen LogP contribution >= 0.6 is 0 Å². The number of rotatable bonds is 4. The van der Waals surface area contributed by atoms with E-state index in [1.54, 1.807) is 0 Å². The van der Waals surface area contributed by atoms with E-state index in [4.69, 9.17) is 0 Å². The highest BCUT2D eigenvalue weighted by atomic mass is 19.4. The Balaban J connectivity index is 2.52. The van der Waals surface area contributed by atoms with Crippen molar-refractivity contribution in [3.8, 4) is 0 Å². The summed E-state index contributed by atoms with van der Waals surface area (Å²) in [6.45, 7) is 0. The molecule has 2 aliphatic rings. The Morgan fingerprint density at radius 1 is 0.640 bits per heavy atom. The first kappa shape index (κ1) is 20.2. The van der Waals surface area contributed by atoms with E-state index < -0.39 is 54.3 Å². The van der Waals surface area contributed by atoms with E-state index in [1.807, 2.05) is 0 Å². The summed E-state index contributed by atoms with van der Waals surface area (Å²) in [6, 6.07) is 0. The minimum absolute atomic E-state index is 0.172. The molecule has 4 atom stereocenters. The summed E-state index contributed by atoms with van der Waals surface area (Å²) in [5.74, 6) is -4.89. The predicted octanol–water partition coefficient (Wildman–Crippen LogP) is 5.11. The summed E-state index contributed by atoms with van der Waals surface area (Å²) < 4.78 is 84.0. The maximum absolute atomic E-state index is 14.0. The Morgan fingerprint density at radius 3 is 1.28 bits per heavy atom. The molecule has 0 aromatic rings. The number of alkyl halides is 6. The van der Waals surface area contributed by atoms with Gasteiger partial charge in [-0.3, -0.25) is 0 Å². The molecule has 2 fully saturated rings. The molecule has 0 N–H and O–H groups in total. The van der Waals surface area contributed by atoms with E-state index in [9.17, 15) is 35.9 Å². The predicted molar refractivity (Wildman–Crippen MR) is 77.6 cm³/mol. The smallest absolute Gasteiger partial charge is 0.303 e. The van der Waals surface area contributed by atoms with Crippen molar-refractivity contribution in [2.75, 3.05) is 0 Å². The molecule has 2 nitrogen and oxygen atoms in total. The fraction of sp³-hybridized carbons (Fsp3) is 0.882. The average molecular weight is 372 g/mol. The van der Waals surface area contributed by atoms with Gasteiger partial charge in [0.2, 0.25) is 0 Å². The molecular weight excluding hydrogens is 350 g/mol. The van der Waals surface area contributed by atoms with Crippen LogP contribution in [-0.4, -0.2) is 24.9 Å². The summed E-state index contributed by atoms with van der Waals surface area (Å²) >= 11 is 0. The van der Waals surface area contributed by atoms with Gasteiger partial charge in [-0.2, -0.15) is 26.3 Å². The first-order valence-electron chi connectivity index (χ1n) is 8.62. The molecule has 0 bridgehead atoms. The molecule has 0 aromatic carbocycles. The van der Waals surface area contributed by atoms with Crippen LogP contribution in [0.4, 0.5) is 26.3 Å². The van der Waals surface area contributed by atoms with Crippen molar-refractivity contribution in [1.29, 1.82) is 0 Å². The molecule has 0 aromatic heterocycles. The van der Waals surface area contributed by atoms with E-state index in [0.29, 0.717) is 25.4 Å². The Morgan fingerprint density at radius 2 is 1.00 bits per heavy atom. The summed E-state index contributed by atoms with van der Waals surface area (Å²) in [5.41, 5.74) is -3.84. The van der Waals surface area contributed by atoms with Crippen LogP contribution in [0.2, 0.25) is 0 Å². The van der Waals surface area contributed by atoms with Gasteiger partial charge >= 0.3 is 12.4 Å². The van der Waals surface area contributed by atoms with Gasteiger partial charge in [0.1, 0.15) is 12.6 Å². The van der Waals surface area contributed by atoms with Crippen molar-refractivity contribution >= 4 is 12.6 Å². The quantitative estimate of drug-likeness (QED) is 0.508. The van der Waals surface area contributed by atoms with Crippen molar-refractivity contribution < 1.29 is 35.9 Å². The molecule has 4 unspecified atom stereocenters. The van der Waals surface area contributed by atoms with Crippen molar-refractivity contribution in [3.63, 3.8) is 0 Å². The van der Waals surface area contributed by atoms with E-state index in [0.717, 1.165) is 0 Å². The number of hydrogen-bond donors (Lipinski definition) is 0. The molecule has 2 saturated carbocycles. The number of aldehydes is 2. The highest BCUT2D eigenvalue weighted by Gasteiger charge is 2.76. The largest absolute Gasteiger partial charge is 0.403 e. The lowest BCUT2D eigenvalue weighted by atomic mass is 9.56. The fourth-order valence-electron chi connectivity index (χ4n) is 4.95. The van der Waals surface area contributed by atoms with E-state index in [2.05, 4.69) is 0 Å². The number of hydrogen-bond acceptors (Lipinski definition) is 2. The van der Waals surface area contributed by atoms with Gasteiger partial charge < -0.3 is 9.59 Å². The monoisotopic (exact) mass is 372 g/mol. The molecule has 0 heterocycles. The van der Waals surface area contributed by atoms with E-state index in [1.165, 1.54) is 0 Å². The lowest BCUT2D eigenvalue weighted by molar-refractivity contribution is -0.382. The van der Waals surface area contributed by atoms with E-state index in [-0.39, 0.29) is 25.7 Å². The van der Waals surface area contributed by atoms with Gasteiger partial charge in [0.25, 0.3) is 0 Å². The number of carbonyl (C=O) groups excluding carboxylic acids is 2. The van der Waals surface area contributed by atoms with Crippen LogP contribution in [0.5, 0.6) is 0 Å². The van der Waals surface area contributed by atoms with Gasteiger partial charge in [-0.1, -0.05) is 12.8 Å². The molecule has 0 amide bonds. The third-order valence-corrected chi connectivity index (χ3v) is 6.04. The zero-order chi connectivity index (χ0) is 18.9. The zero-order valence-corrected chi connectivity index (χ0v) is 13.7. The standard InChI is InChI=1S/C17H22F6O2/c18-16(19,20)15(17(21,22)23,13-5-1-3-11(7-13)9-24)14-6-2-4-12(8-14)10-25/h9-14H,1-8H2. The highest BCUT2D eigenvalue weighted by Crippen LogP contribution is 2.65. The van der Waals surface area contributed by atoms with Gasteiger partial charge in [-0.25, -0.2) is 0 Å². The summed E-state index contributed by atoms with van der Waals surface area (Å²) in [6.07, 6.45) is -10.2. The number of halogens is 6. The molecule has 0 radical (unpaired) electrons. The Labute approximate surface area is 142 Å². The van der Waals surface area contributed by atoms with Crippen LogP contribution in [-0.2, 0) is 9.59 Å². The minimum atomic E-state index is -5.48. The van der Waals surface area contributed by atoms with Gasteiger partial charge in [0.15, 0.2) is 5.41 Å². The number of carbonyl (C=O) groups is 2. The average Bonchev–Trinajstić information content (AvgIpc) is 2.53. The van der Waals surface area contributed by atoms with Crippen LogP contribution in [0.25, 0.3) is 0 Å². The van der Waals surface area contributed by atoms with Gasteiger partial charge in [0.05, 0.1) is 0 Å². The fourth-order valence-corrected chi connectivity index (χ4v) is 4.95. The second kappa shape index (κ2) is 7.27. The van der Waals surface area contributed by atoms with Crippen molar-refractivity contribution in [3.05, 3.63) is 0 Å². The maximum atomic E-state index is 14.0. The molecule has 0 aliphatic heterocycles. The van der Waals surface area contributed by atoms with Gasteiger partial charge in [-0.05, 0) is 50.4 Å². The van der Waals surface area contributed by atoms with Crippen molar-refractivity contribution in [2.45, 2.75) is 63.7 Å². The second-order valence-corrected chi connectivity index (χ2v) is 7.38. The third kappa shape index (κ3) is 3.58. The Kier molecular flexibility index (Phi) is 5.88. The minimum Gasteiger partial charge on any atom is -0.303 e. The molecular formula is C17H22F6O2. The molecule has 8 heteroatoms. The molecule has 0 spiro atoms. The first-order valence-corrected chi connectivity index (χ1v) is 8.62. The van der Waals surface area contributed by atoms with Gasteiger partial charge in [0, 0.05) is 11.8 Å². The molecule has 144 valence electrons. The molecule has 25 heavy (non-hydrogen) atoms. The Hall–Kier alpha value is -1.08. The summed E-state index contributed by atoms with van der Waals surface area (Å²) in [7, 11) is 0. The zero-order valence-electron chi connectivity index (χ0n) is 13.7. The lowest BCUT2D eigenvalue weighted by Gasteiger charge is -2.51. The maximum Gasteiger partial charge on any atom is 0.403 e. The molecule has 2 aliphatic carbocycles. The lowest BCUT2D eigenvalue weighted by Crippen LogP contribution is -2.61. The topological polar surface area (TPSA) is 34.1 Å². The van der Waals surface area contributed by atoms with Crippen LogP contribution in [0, 0.1) is 29.1 Å². The van der Waals surface area contributed by atoms with Crippen molar-refractivity contribution in [1.82, 2.24) is 0 Å². The van der Waals surface area contributed by atoms with Crippen LogP contribution in [0.1, 0.15) is 51.4 Å². The van der Waals surface area contributed by atoms with Crippen LogP contribution < -0.4 is 0 Å². The van der Waals surface area contributed by atoms with Crippen LogP contribution in [0.15, 0.2) is 0 Å². The third-order valence-electron chi connectivity index (χ3n) is 6.04. The normalized spacial score (nSPS) is 32.2. The Bertz CT molecular complexity index is 441. The molecule has 0 saturated heterocycles. The van der Waals surface area contributed by atoms with Gasteiger partial charge in [-0.15, -0.1) is 0 Å². The van der Waals surface area contributed by atoms with Crippen molar-refractivity contribution in [2.24, 2.45) is 29.1 Å². The molecule has 2 rings (SSSR count). The first-order chi connectivity index (χ1) is 11.6. The van der Waals surface area contributed by atoms with E-state index >= 15 is 0 Å². The summed E-state index contributed by atoms with van der Waals surface area (Å²) in [5, 5.41) is 0. The summed E-state index contributed by atoms with van der Waals surface area (Å²) in [4.78, 5) is 22.0. The van der Waals surface area contributed by atoms with Crippen LogP contribution in [0.3, 0.4) is 0 Å². The second-order valence-electron chi connectivity index (χ2n) is 7.38.